The average Bonchev–Trinajstić information content (AvgIpc) is 2.71. The number of benzene rings is 1. The first-order chi connectivity index (χ1) is 8.13. The molecule has 0 unspecified atom stereocenters. The van der Waals surface area contributed by atoms with E-state index in [1.165, 1.54) is 18.1 Å². The topological polar surface area (TPSA) is 66.8 Å². The quantitative estimate of drug-likeness (QED) is 0.774. The first-order valence-electron chi connectivity index (χ1n) is 5.29. The molecular weight excluding hydrogens is 222 g/mol. The fourth-order valence-corrected chi connectivity index (χ4v) is 1.96. The number of esters is 1. The molecule has 1 amide bonds. The van der Waals surface area contributed by atoms with Crippen LogP contribution in [0.3, 0.4) is 0 Å². The van der Waals surface area contributed by atoms with Crippen LogP contribution in [0.25, 0.3) is 0 Å². The zero-order valence-corrected chi connectivity index (χ0v) is 9.42. The molecule has 5 nitrogen and oxygen atoms in total. The van der Waals surface area contributed by atoms with Crippen LogP contribution < -0.4 is 4.90 Å². The van der Waals surface area contributed by atoms with Gasteiger partial charge in [0.1, 0.15) is 5.75 Å². The number of anilines is 1. The number of phenolic OH excluding ortho intramolecular Hbond substituents is 1. The Balaban J connectivity index is 2.22. The summed E-state index contributed by atoms with van der Waals surface area (Å²) in [5.74, 6) is -0.989. The Labute approximate surface area is 98.6 Å². The molecular formula is C12H13NO4. The lowest BCUT2D eigenvalue weighted by Gasteiger charge is -2.17. The van der Waals surface area contributed by atoms with Gasteiger partial charge in [-0.15, -0.1) is 0 Å². The predicted molar refractivity (Wildman–Crippen MR) is 60.6 cm³/mol. The molecule has 17 heavy (non-hydrogen) atoms. The number of ether oxygens (including phenoxy) is 1. The Morgan fingerprint density at radius 1 is 1.47 bits per heavy atom. The van der Waals surface area contributed by atoms with Gasteiger partial charge >= 0.3 is 5.97 Å². The lowest BCUT2D eigenvalue weighted by Crippen LogP contribution is -2.26. The third kappa shape index (κ3) is 2.08. The fraction of sp³-hybridized carbons (Fsp3) is 0.333. The second kappa shape index (κ2) is 4.45. The minimum absolute atomic E-state index is 0.0337. The molecule has 2 rings (SSSR count). The summed E-state index contributed by atoms with van der Waals surface area (Å²) >= 11 is 0. The Kier molecular flexibility index (Phi) is 2.99. The van der Waals surface area contributed by atoms with Gasteiger partial charge in [-0.2, -0.15) is 0 Å². The van der Waals surface area contributed by atoms with Gasteiger partial charge in [-0.25, -0.2) is 0 Å². The molecule has 0 bridgehead atoms. The van der Waals surface area contributed by atoms with Crippen LogP contribution in [0.2, 0.25) is 0 Å². The molecule has 0 saturated carbocycles. The Bertz CT molecular complexity index is 458. The van der Waals surface area contributed by atoms with Gasteiger partial charge in [-0.05, 0) is 12.1 Å². The summed E-state index contributed by atoms with van der Waals surface area (Å²) < 4.78 is 4.62. The SMILES string of the molecule is COC(=O)[C@@H]1CC(=O)N(c2ccccc2O)C1. The van der Waals surface area contributed by atoms with E-state index in [9.17, 15) is 14.7 Å². The molecule has 1 aromatic carbocycles. The highest BCUT2D eigenvalue weighted by molar-refractivity contribution is 6.00. The van der Waals surface area contributed by atoms with Gasteiger partial charge in [-0.3, -0.25) is 9.59 Å². The lowest BCUT2D eigenvalue weighted by molar-refractivity contribution is -0.145. The smallest absolute Gasteiger partial charge is 0.311 e. The summed E-state index contributed by atoms with van der Waals surface area (Å²) in [6.07, 6.45) is 0.126. The number of rotatable bonds is 2. The monoisotopic (exact) mass is 235 g/mol. The van der Waals surface area contributed by atoms with Crippen molar-refractivity contribution in [2.24, 2.45) is 5.92 Å². The first kappa shape index (κ1) is 11.4. The minimum Gasteiger partial charge on any atom is -0.506 e. The van der Waals surface area contributed by atoms with E-state index < -0.39 is 11.9 Å². The van der Waals surface area contributed by atoms with Crippen LogP contribution >= 0.6 is 0 Å². The highest BCUT2D eigenvalue weighted by Gasteiger charge is 2.36. The fourth-order valence-electron chi connectivity index (χ4n) is 1.96. The third-order valence-corrected chi connectivity index (χ3v) is 2.83. The van der Waals surface area contributed by atoms with Crippen molar-refractivity contribution in [3.8, 4) is 5.75 Å². The normalized spacial score (nSPS) is 19.5. The molecule has 90 valence electrons. The molecule has 1 aliphatic heterocycles. The summed E-state index contributed by atoms with van der Waals surface area (Å²) in [5.41, 5.74) is 0.434. The standard InChI is InChI=1S/C12H13NO4/c1-17-12(16)8-6-11(15)13(7-8)9-4-2-3-5-10(9)14/h2-5,8,14H,6-7H2,1H3/t8-/m1/s1. The van der Waals surface area contributed by atoms with E-state index in [0.717, 1.165) is 0 Å². The number of aromatic hydroxyl groups is 1. The van der Waals surface area contributed by atoms with Gasteiger partial charge in [0.25, 0.3) is 0 Å². The number of carbonyl (C=O) groups excluding carboxylic acids is 2. The second-order valence-corrected chi connectivity index (χ2v) is 3.92. The molecule has 0 aromatic heterocycles. The molecule has 1 aromatic rings. The van der Waals surface area contributed by atoms with Gasteiger partial charge in [-0.1, -0.05) is 12.1 Å². The predicted octanol–water partition coefficient (Wildman–Crippen LogP) is 0.918. The van der Waals surface area contributed by atoms with Crippen LogP contribution in [-0.2, 0) is 14.3 Å². The molecule has 1 heterocycles. The molecule has 1 saturated heterocycles. The molecule has 0 aliphatic carbocycles. The molecule has 1 aliphatic rings. The van der Waals surface area contributed by atoms with Gasteiger partial charge in [0.15, 0.2) is 0 Å². The van der Waals surface area contributed by atoms with Gasteiger partial charge in [0.2, 0.25) is 5.91 Å². The van der Waals surface area contributed by atoms with Gasteiger partial charge < -0.3 is 14.7 Å². The maximum absolute atomic E-state index is 11.8. The van der Waals surface area contributed by atoms with E-state index in [0.29, 0.717) is 5.69 Å². The largest absolute Gasteiger partial charge is 0.506 e. The molecule has 5 heteroatoms. The van der Waals surface area contributed by atoms with Crippen molar-refractivity contribution in [1.82, 2.24) is 0 Å². The van der Waals surface area contributed by atoms with Crippen molar-refractivity contribution < 1.29 is 19.4 Å². The summed E-state index contributed by atoms with van der Waals surface area (Å²) in [5, 5.41) is 9.66. The van der Waals surface area contributed by atoms with Crippen LogP contribution in [-0.4, -0.2) is 30.6 Å². The van der Waals surface area contributed by atoms with Crippen LogP contribution in [0.1, 0.15) is 6.42 Å². The lowest BCUT2D eigenvalue weighted by atomic mass is 10.1. The molecule has 1 fully saturated rings. The average molecular weight is 235 g/mol. The van der Waals surface area contributed by atoms with E-state index in [1.807, 2.05) is 0 Å². The minimum atomic E-state index is -0.452. The number of carbonyl (C=O) groups is 2. The van der Waals surface area contributed by atoms with E-state index in [2.05, 4.69) is 4.74 Å². The number of methoxy groups -OCH3 is 1. The highest BCUT2D eigenvalue weighted by atomic mass is 16.5. The van der Waals surface area contributed by atoms with Crippen LogP contribution in [0, 0.1) is 5.92 Å². The van der Waals surface area contributed by atoms with Crippen molar-refractivity contribution in [2.45, 2.75) is 6.42 Å². The Morgan fingerprint density at radius 3 is 2.82 bits per heavy atom. The summed E-state index contributed by atoms with van der Waals surface area (Å²) in [6.45, 7) is 0.253. The highest BCUT2D eigenvalue weighted by Crippen LogP contribution is 2.32. The molecule has 0 radical (unpaired) electrons. The molecule has 1 atom stereocenters. The first-order valence-corrected chi connectivity index (χ1v) is 5.29. The van der Waals surface area contributed by atoms with Crippen molar-refractivity contribution in [3.63, 3.8) is 0 Å². The van der Waals surface area contributed by atoms with Crippen molar-refractivity contribution >= 4 is 17.6 Å². The van der Waals surface area contributed by atoms with Crippen molar-refractivity contribution in [1.29, 1.82) is 0 Å². The number of amides is 1. The number of hydrogen-bond donors (Lipinski definition) is 1. The molecule has 0 spiro atoms. The maximum Gasteiger partial charge on any atom is 0.311 e. The van der Waals surface area contributed by atoms with Crippen LogP contribution in [0.5, 0.6) is 5.75 Å². The summed E-state index contributed by atoms with van der Waals surface area (Å²) in [6, 6.07) is 6.56. The number of phenols is 1. The van der Waals surface area contributed by atoms with Gasteiger partial charge in [0, 0.05) is 13.0 Å². The Hall–Kier alpha value is -2.04. The van der Waals surface area contributed by atoms with Crippen LogP contribution in [0.15, 0.2) is 24.3 Å². The van der Waals surface area contributed by atoms with Crippen molar-refractivity contribution in [3.05, 3.63) is 24.3 Å². The van der Waals surface area contributed by atoms with E-state index in [4.69, 9.17) is 0 Å². The second-order valence-electron chi connectivity index (χ2n) is 3.92. The van der Waals surface area contributed by atoms with Crippen LogP contribution in [0.4, 0.5) is 5.69 Å². The summed E-state index contributed by atoms with van der Waals surface area (Å²) in [4.78, 5) is 24.5. The van der Waals surface area contributed by atoms with Gasteiger partial charge in [0.05, 0.1) is 18.7 Å². The third-order valence-electron chi connectivity index (χ3n) is 2.83. The zero-order valence-electron chi connectivity index (χ0n) is 9.42. The van der Waals surface area contributed by atoms with Crippen molar-refractivity contribution in [2.75, 3.05) is 18.6 Å². The van der Waals surface area contributed by atoms with E-state index in [-0.39, 0.29) is 24.6 Å². The molecule has 1 N–H and O–H groups in total. The maximum atomic E-state index is 11.8. The summed E-state index contributed by atoms with van der Waals surface area (Å²) in [7, 11) is 1.30. The van der Waals surface area contributed by atoms with E-state index >= 15 is 0 Å². The number of nitrogens with zero attached hydrogens (tertiary/aromatic N) is 1. The number of hydrogen-bond acceptors (Lipinski definition) is 4. The zero-order chi connectivity index (χ0) is 12.4. The van der Waals surface area contributed by atoms with E-state index in [1.54, 1.807) is 18.2 Å². The number of para-hydroxylation sites is 2. The Morgan fingerprint density at radius 2 is 2.18 bits per heavy atom.